The molecule has 0 N–H and O–H groups in total. The Bertz CT molecular complexity index is 888. The van der Waals surface area contributed by atoms with E-state index in [-0.39, 0.29) is 24.3 Å². The van der Waals surface area contributed by atoms with Crippen LogP contribution in [0.15, 0.2) is 48.5 Å². The van der Waals surface area contributed by atoms with E-state index in [0.29, 0.717) is 26.1 Å². The van der Waals surface area contributed by atoms with E-state index >= 15 is 0 Å². The quantitative estimate of drug-likeness (QED) is 0.805. The van der Waals surface area contributed by atoms with E-state index in [4.69, 9.17) is 0 Å². The van der Waals surface area contributed by atoms with Crippen molar-refractivity contribution >= 4 is 17.5 Å². The molecule has 2 aromatic carbocycles. The summed E-state index contributed by atoms with van der Waals surface area (Å²) < 4.78 is 0. The minimum Gasteiger partial charge on any atom is -0.368 e. The molecule has 2 aliphatic heterocycles. The summed E-state index contributed by atoms with van der Waals surface area (Å²) >= 11 is 0. The molecule has 1 unspecified atom stereocenters. The van der Waals surface area contributed by atoms with Crippen molar-refractivity contribution in [2.45, 2.75) is 26.2 Å². The zero-order chi connectivity index (χ0) is 20.4. The highest BCUT2D eigenvalue weighted by atomic mass is 16.2. The Labute approximate surface area is 172 Å². The second-order valence-corrected chi connectivity index (χ2v) is 8.24. The second kappa shape index (κ2) is 8.27. The zero-order valence-corrected chi connectivity index (χ0v) is 17.3. The molecule has 0 saturated carbocycles. The Balaban J connectivity index is 1.31. The van der Waals surface area contributed by atoms with Gasteiger partial charge in [-0.2, -0.15) is 0 Å². The highest BCUT2D eigenvalue weighted by molar-refractivity contribution is 5.86. The number of carbonyl (C=O) groups is 2. The van der Waals surface area contributed by atoms with Crippen LogP contribution in [0.4, 0.5) is 5.69 Å². The maximum absolute atomic E-state index is 12.8. The van der Waals surface area contributed by atoms with E-state index in [9.17, 15) is 9.59 Å². The molecule has 4 rings (SSSR count). The number of likely N-dealkylation sites (tertiary alicyclic amines) is 1. The van der Waals surface area contributed by atoms with Gasteiger partial charge in [0.25, 0.3) is 0 Å². The average Bonchev–Trinajstić information content (AvgIpc) is 3.09. The molecule has 2 heterocycles. The van der Waals surface area contributed by atoms with Crippen LogP contribution >= 0.6 is 0 Å². The van der Waals surface area contributed by atoms with Gasteiger partial charge in [-0.3, -0.25) is 9.59 Å². The molecular formula is C24H29N3O2. The molecule has 0 aliphatic carbocycles. The third-order valence-corrected chi connectivity index (χ3v) is 6.14. The number of hydrogen-bond acceptors (Lipinski definition) is 3. The number of hydrogen-bond donors (Lipinski definition) is 0. The molecule has 2 aliphatic rings. The van der Waals surface area contributed by atoms with Gasteiger partial charge in [-0.15, -0.1) is 0 Å². The predicted molar refractivity (Wildman–Crippen MR) is 115 cm³/mol. The zero-order valence-electron chi connectivity index (χ0n) is 17.3. The third kappa shape index (κ3) is 4.29. The molecule has 2 fully saturated rings. The Hall–Kier alpha value is -2.82. The van der Waals surface area contributed by atoms with Crippen molar-refractivity contribution in [3.05, 3.63) is 65.2 Å². The van der Waals surface area contributed by atoms with E-state index in [1.807, 2.05) is 23.1 Å². The van der Waals surface area contributed by atoms with Gasteiger partial charge in [0.1, 0.15) is 0 Å². The summed E-state index contributed by atoms with van der Waals surface area (Å²) in [6.45, 7) is 8.15. The lowest BCUT2D eigenvalue weighted by atomic mass is 9.99. The van der Waals surface area contributed by atoms with Gasteiger partial charge in [0.2, 0.25) is 11.8 Å². The first kappa shape index (κ1) is 19.5. The van der Waals surface area contributed by atoms with E-state index < -0.39 is 0 Å². The van der Waals surface area contributed by atoms with Crippen molar-refractivity contribution < 1.29 is 9.59 Å². The number of rotatable bonds is 4. The van der Waals surface area contributed by atoms with Crippen LogP contribution in [0.5, 0.6) is 0 Å². The first-order valence-corrected chi connectivity index (χ1v) is 10.4. The summed E-state index contributed by atoms with van der Waals surface area (Å²) in [5.41, 5.74) is 4.98. The van der Waals surface area contributed by atoms with Crippen LogP contribution in [0.25, 0.3) is 0 Å². The molecule has 0 bridgehead atoms. The summed E-state index contributed by atoms with van der Waals surface area (Å²) in [6, 6.07) is 16.6. The van der Waals surface area contributed by atoms with Gasteiger partial charge in [0.15, 0.2) is 0 Å². The number of carbonyl (C=O) groups excluding carboxylic acids is 2. The van der Waals surface area contributed by atoms with Crippen molar-refractivity contribution in [3.63, 3.8) is 0 Å². The van der Waals surface area contributed by atoms with Gasteiger partial charge in [-0.1, -0.05) is 48.0 Å². The summed E-state index contributed by atoms with van der Waals surface area (Å²) in [6.07, 6.45) is 0.498. The van der Waals surface area contributed by atoms with Crippen LogP contribution < -0.4 is 4.90 Å². The fourth-order valence-electron chi connectivity index (χ4n) is 4.49. The summed E-state index contributed by atoms with van der Waals surface area (Å²) in [5.74, 6) is 0.339. The fraction of sp³-hybridized carbons (Fsp3) is 0.417. The average molecular weight is 392 g/mol. The summed E-state index contributed by atoms with van der Waals surface area (Å²) in [7, 11) is 0. The lowest BCUT2D eigenvalue weighted by Crippen LogP contribution is -2.51. The molecule has 2 amide bonds. The smallest absolute Gasteiger partial charge is 0.242 e. The number of piperazine rings is 1. The maximum atomic E-state index is 12.8. The third-order valence-electron chi connectivity index (χ3n) is 6.14. The molecule has 29 heavy (non-hydrogen) atoms. The van der Waals surface area contributed by atoms with Crippen LogP contribution in [-0.4, -0.2) is 60.9 Å². The van der Waals surface area contributed by atoms with E-state index in [2.05, 4.69) is 49.1 Å². The Morgan fingerprint density at radius 2 is 1.72 bits per heavy atom. The van der Waals surface area contributed by atoms with Gasteiger partial charge in [-0.05, 0) is 31.0 Å². The highest BCUT2D eigenvalue weighted by Gasteiger charge is 2.33. The molecular weight excluding hydrogens is 362 g/mol. The van der Waals surface area contributed by atoms with Gasteiger partial charge in [-0.25, -0.2) is 0 Å². The van der Waals surface area contributed by atoms with E-state index in [1.165, 1.54) is 22.4 Å². The summed E-state index contributed by atoms with van der Waals surface area (Å²) in [4.78, 5) is 31.2. The summed E-state index contributed by atoms with van der Waals surface area (Å²) in [5, 5.41) is 0. The number of amides is 2. The first-order chi connectivity index (χ1) is 14.0. The minimum atomic E-state index is 0.0624. The Morgan fingerprint density at radius 3 is 2.41 bits per heavy atom. The molecule has 0 spiro atoms. The predicted octanol–water partition coefficient (Wildman–Crippen LogP) is 2.97. The Kier molecular flexibility index (Phi) is 5.56. The Morgan fingerprint density at radius 1 is 1.00 bits per heavy atom. The number of nitrogens with zero attached hydrogens (tertiary/aromatic N) is 3. The second-order valence-electron chi connectivity index (χ2n) is 8.24. The van der Waals surface area contributed by atoms with E-state index in [0.717, 1.165) is 13.1 Å². The molecule has 1 atom stereocenters. The van der Waals surface area contributed by atoms with Gasteiger partial charge >= 0.3 is 0 Å². The SMILES string of the molecule is Cc1ccc(N2CCN(C(=O)CN3CC(c4ccccc4)CC3=O)CC2)c(C)c1. The highest BCUT2D eigenvalue weighted by Crippen LogP contribution is 2.28. The van der Waals surface area contributed by atoms with Crippen molar-refractivity contribution in [1.82, 2.24) is 9.80 Å². The van der Waals surface area contributed by atoms with Crippen molar-refractivity contribution in [2.24, 2.45) is 0 Å². The van der Waals surface area contributed by atoms with Gasteiger partial charge in [0.05, 0.1) is 6.54 Å². The fourth-order valence-corrected chi connectivity index (χ4v) is 4.49. The molecule has 0 radical (unpaired) electrons. The number of aryl methyl sites for hydroxylation is 2. The van der Waals surface area contributed by atoms with Crippen molar-refractivity contribution in [3.8, 4) is 0 Å². The van der Waals surface area contributed by atoms with Crippen LogP contribution in [-0.2, 0) is 9.59 Å². The molecule has 2 saturated heterocycles. The van der Waals surface area contributed by atoms with Crippen LogP contribution in [0.3, 0.4) is 0 Å². The standard InChI is InChI=1S/C24H29N3O2/c1-18-8-9-22(19(2)14-18)25-10-12-26(13-11-25)24(29)17-27-16-21(15-23(27)28)20-6-4-3-5-7-20/h3-9,14,21H,10-13,15-17H2,1-2H3. The van der Waals surface area contributed by atoms with Crippen molar-refractivity contribution in [2.75, 3.05) is 44.2 Å². The molecule has 0 aromatic heterocycles. The normalized spacial score (nSPS) is 19.7. The monoisotopic (exact) mass is 391 g/mol. The molecule has 5 nitrogen and oxygen atoms in total. The van der Waals surface area contributed by atoms with Gasteiger partial charge in [0, 0.05) is 50.7 Å². The van der Waals surface area contributed by atoms with Gasteiger partial charge < -0.3 is 14.7 Å². The van der Waals surface area contributed by atoms with Crippen LogP contribution in [0.1, 0.15) is 29.0 Å². The molecule has 152 valence electrons. The molecule has 5 heteroatoms. The minimum absolute atomic E-state index is 0.0624. The number of benzene rings is 2. The lowest BCUT2D eigenvalue weighted by Gasteiger charge is -2.37. The number of anilines is 1. The largest absolute Gasteiger partial charge is 0.368 e. The van der Waals surface area contributed by atoms with E-state index in [1.54, 1.807) is 4.90 Å². The van der Waals surface area contributed by atoms with Crippen LogP contribution in [0.2, 0.25) is 0 Å². The maximum Gasteiger partial charge on any atom is 0.242 e. The van der Waals surface area contributed by atoms with Crippen molar-refractivity contribution in [1.29, 1.82) is 0 Å². The first-order valence-electron chi connectivity index (χ1n) is 10.4. The van der Waals surface area contributed by atoms with Crippen LogP contribution in [0, 0.1) is 13.8 Å². The lowest BCUT2D eigenvalue weighted by molar-refractivity contribution is -0.138. The topological polar surface area (TPSA) is 43.9 Å². The molecule has 2 aromatic rings.